The molecule has 4 heteroatoms. The second-order valence-corrected chi connectivity index (χ2v) is 9.54. The van der Waals surface area contributed by atoms with E-state index in [1.54, 1.807) is 0 Å². The van der Waals surface area contributed by atoms with Gasteiger partial charge in [-0.25, -0.2) is 0 Å². The van der Waals surface area contributed by atoms with Crippen LogP contribution in [0.25, 0.3) is 11.3 Å². The van der Waals surface area contributed by atoms with E-state index in [2.05, 4.69) is 57.3 Å². The fourth-order valence-corrected chi connectivity index (χ4v) is 4.79. The van der Waals surface area contributed by atoms with Crippen molar-refractivity contribution in [2.75, 3.05) is 11.9 Å². The van der Waals surface area contributed by atoms with Crippen molar-refractivity contribution < 1.29 is 4.74 Å². The largest absolute Gasteiger partial charge is 0.494 e. The van der Waals surface area contributed by atoms with Gasteiger partial charge in [0, 0.05) is 10.9 Å². The molecule has 1 fully saturated rings. The zero-order valence-electron chi connectivity index (χ0n) is 18.5. The molecule has 0 bridgehead atoms. The third-order valence-corrected chi connectivity index (χ3v) is 6.97. The summed E-state index contributed by atoms with van der Waals surface area (Å²) >= 11 is 3.54. The Bertz CT molecular complexity index is 709. The van der Waals surface area contributed by atoms with Gasteiger partial charge in [0.25, 0.3) is 0 Å². The molecule has 1 heterocycles. The van der Waals surface area contributed by atoms with E-state index < -0.39 is 0 Å². The Morgan fingerprint density at radius 3 is 2.23 bits per heavy atom. The zero-order valence-corrected chi connectivity index (χ0v) is 20.1. The Morgan fingerprint density at radius 2 is 1.60 bits per heavy atom. The van der Waals surface area contributed by atoms with Crippen LogP contribution in [0.15, 0.2) is 36.4 Å². The third-order valence-electron chi connectivity index (χ3n) is 6.41. The Balaban J connectivity index is 1.41. The van der Waals surface area contributed by atoms with Crippen LogP contribution in [-0.4, -0.2) is 22.1 Å². The molecule has 2 aromatic rings. The molecule has 0 atom stereocenters. The van der Waals surface area contributed by atoms with Crippen LogP contribution >= 0.6 is 15.9 Å². The summed E-state index contributed by atoms with van der Waals surface area (Å²) in [5, 5.41) is 10.1. The average molecular weight is 473 g/mol. The fraction of sp³-hybridized carbons (Fsp3) is 0.615. The van der Waals surface area contributed by atoms with Crippen molar-refractivity contribution in [3.63, 3.8) is 0 Å². The van der Waals surface area contributed by atoms with Crippen LogP contribution in [0.4, 0.5) is 0 Å². The second kappa shape index (κ2) is 13.1. The lowest BCUT2D eigenvalue weighted by molar-refractivity contribution is 0.249. The van der Waals surface area contributed by atoms with Gasteiger partial charge < -0.3 is 4.74 Å². The topological polar surface area (TPSA) is 35.0 Å². The third kappa shape index (κ3) is 7.68. The Morgan fingerprint density at radius 1 is 0.867 bits per heavy atom. The summed E-state index contributed by atoms with van der Waals surface area (Å²) in [6.07, 6.45) is 14.3. The first-order valence-electron chi connectivity index (χ1n) is 11.9. The minimum absolute atomic E-state index is 0.781. The van der Waals surface area contributed by atoms with Gasteiger partial charge in [0.1, 0.15) is 5.75 Å². The van der Waals surface area contributed by atoms with E-state index >= 15 is 0 Å². The number of aromatic nitrogens is 2. The molecule has 0 spiro atoms. The molecule has 0 unspecified atom stereocenters. The van der Waals surface area contributed by atoms with Crippen molar-refractivity contribution in [2.24, 2.45) is 11.8 Å². The normalized spacial score (nSPS) is 19.0. The first-order valence-corrected chi connectivity index (χ1v) is 13.0. The van der Waals surface area contributed by atoms with Crippen molar-refractivity contribution in [3.8, 4) is 17.0 Å². The van der Waals surface area contributed by atoms with Crippen LogP contribution in [0.1, 0.15) is 76.8 Å². The maximum atomic E-state index is 5.74. The maximum absolute atomic E-state index is 5.74. The fourth-order valence-electron chi connectivity index (χ4n) is 4.39. The van der Waals surface area contributed by atoms with Crippen molar-refractivity contribution in [1.29, 1.82) is 0 Å². The molecule has 1 aliphatic rings. The molecule has 3 nitrogen and oxygen atoms in total. The summed E-state index contributed by atoms with van der Waals surface area (Å²) in [5.41, 5.74) is 3.15. The number of ether oxygens (including phenoxy) is 1. The monoisotopic (exact) mass is 472 g/mol. The highest BCUT2D eigenvalue weighted by molar-refractivity contribution is 9.09. The van der Waals surface area contributed by atoms with Crippen molar-refractivity contribution >= 4 is 15.9 Å². The lowest BCUT2D eigenvalue weighted by Crippen LogP contribution is -2.15. The molecule has 0 N–H and O–H groups in total. The highest BCUT2D eigenvalue weighted by Crippen LogP contribution is 2.34. The molecule has 0 aliphatic heterocycles. The van der Waals surface area contributed by atoms with Crippen molar-refractivity contribution in [2.45, 2.75) is 77.6 Å². The predicted octanol–water partition coefficient (Wildman–Crippen LogP) is 7.63. The molecule has 0 saturated heterocycles. The molecular weight excluding hydrogens is 436 g/mol. The smallest absolute Gasteiger partial charge is 0.119 e. The number of hydrogen-bond donors (Lipinski definition) is 0. The number of rotatable bonds is 12. The van der Waals surface area contributed by atoms with Gasteiger partial charge in [-0.15, -0.1) is 0 Å². The molecule has 1 aliphatic carbocycles. The van der Waals surface area contributed by atoms with Gasteiger partial charge in [0.05, 0.1) is 18.0 Å². The van der Waals surface area contributed by atoms with Crippen LogP contribution in [-0.2, 0) is 6.42 Å². The molecule has 0 amide bonds. The number of alkyl halides is 1. The quantitative estimate of drug-likeness (QED) is 0.235. The van der Waals surface area contributed by atoms with Crippen LogP contribution in [0, 0.1) is 11.8 Å². The number of hydrogen-bond acceptors (Lipinski definition) is 3. The van der Waals surface area contributed by atoms with Crippen LogP contribution in [0.2, 0.25) is 0 Å². The molecule has 30 heavy (non-hydrogen) atoms. The van der Waals surface area contributed by atoms with E-state index in [0.29, 0.717) is 0 Å². The number of benzene rings is 1. The number of aryl methyl sites for hydroxylation is 1. The van der Waals surface area contributed by atoms with Crippen LogP contribution in [0.3, 0.4) is 0 Å². The van der Waals surface area contributed by atoms with E-state index in [-0.39, 0.29) is 0 Å². The summed E-state index contributed by atoms with van der Waals surface area (Å²) in [7, 11) is 0. The van der Waals surface area contributed by atoms with Gasteiger partial charge in [0.2, 0.25) is 0 Å². The predicted molar refractivity (Wildman–Crippen MR) is 129 cm³/mol. The maximum Gasteiger partial charge on any atom is 0.119 e. The number of halogens is 1. The molecule has 1 aromatic carbocycles. The summed E-state index contributed by atoms with van der Waals surface area (Å²) in [6, 6.07) is 12.5. The SMILES string of the molecule is CCCCOc1ccc(-c2ccc(CC[C@H]3CC[C@H](CCCCBr)CC3)nn2)cc1. The first kappa shape index (κ1) is 23.2. The first-order chi connectivity index (χ1) is 14.8. The molecule has 3 rings (SSSR count). The summed E-state index contributed by atoms with van der Waals surface area (Å²) in [6.45, 7) is 2.96. The van der Waals surface area contributed by atoms with Gasteiger partial charge in [-0.05, 0) is 73.9 Å². The average Bonchev–Trinajstić information content (AvgIpc) is 2.80. The van der Waals surface area contributed by atoms with Gasteiger partial charge in [0.15, 0.2) is 0 Å². The Hall–Kier alpha value is -1.42. The molecule has 0 radical (unpaired) electrons. The zero-order chi connectivity index (χ0) is 21.0. The van der Waals surface area contributed by atoms with Crippen molar-refractivity contribution in [1.82, 2.24) is 10.2 Å². The van der Waals surface area contributed by atoms with E-state index in [0.717, 1.165) is 65.7 Å². The molecule has 1 aromatic heterocycles. The lowest BCUT2D eigenvalue weighted by atomic mass is 9.78. The standard InChI is InChI=1S/C26H37BrN2O/c1-2-3-20-30-25-16-12-23(13-17-25)26-18-15-24(28-29-26)14-11-22-9-7-21(8-10-22)6-4-5-19-27/h12-13,15-18,21-22H,2-11,14,19-20H2,1H3/t21-,22-. The Labute approximate surface area is 191 Å². The van der Waals surface area contributed by atoms with Crippen molar-refractivity contribution in [3.05, 3.63) is 42.1 Å². The van der Waals surface area contributed by atoms with E-state index in [4.69, 9.17) is 4.74 Å². The minimum atomic E-state index is 0.781. The van der Waals surface area contributed by atoms with E-state index in [1.807, 2.05) is 12.1 Å². The van der Waals surface area contributed by atoms with E-state index in [9.17, 15) is 0 Å². The van der Waals surface area contributed by atoms with Crippen LogP contribution < -0.4 is 4.74 Å². The Kier molecular flexibility index (Phi) is 10.1. The molecular formula is C26H37BrN2O. The number of nitrogens with zero attached hydrogens (tertiary/aromatic N) is 2. The molecule has 164 valence electrons. The van der Waals surface area contributed by atoms with Gasteiger partial charge in [-0.2, -0.15) is 10.2 Å². The summed E-state index contributed by atoms with van der Waals surface area (Å²) in [5.74, 6) is 2.77. The minimum Gasteiger partial charge on any atom is -0.494 e. The lowest BCUT2D eigenvalue weighted by Gasteiger charge is -2.28. The second-order valence-electron chi connectivity index (χ2n) is 8.75. The number of unbranched alkanes of at least 4 members (excludes halogenated alkanes) is 2. The van der Waals surface area contributed by atoms with Crippen LogP contribution in [0.5, 0.6) is 5.75 Å². The summed E-state index contributed by atoms with van der Waals surface area (Å²) in [4.78, 5) is 0. The highest BCUT2D eigenvalue weighted by atomic mass is 79.9. The summed E-state index contributed by atoms with van der Waals surface area (Å²) < 4.78 is 5.74. The van der Waals surface area contributed by atoms with Gasteiger partial charge in [-0.1, -0.05) is 67.8 Å². The van der Waals surface area contributed by atoms with Gasteiger partial charge >= 0.3 is 0 Å². The molecule has 1 saturated carbocycles. The van der Waals surface area contributed by atoms with E-state index in [1.165, 1.54) is 51.4 Å². The van der Waals surface area contributed by atoms with Gasteiger partial charge in [-0.3, -0.25) is 0 Å². The highest BCUT2D eigenvalue weighted by Gasteiger charge is 2.20.